The van der Waals surface area contributed by atoms with E-state index < -0.39 is 0 Å². The van der Waals surface area contributed by atoms with E-state index in [1.165, 1.54) is 12.4 Å². The van der Waals surface area contributed by atoms with Gasteiger partial charge in [0.2, 0.25) is 0 Å². The highest BCUT2D eigenvalue weighted by atomic mass is 16.5. The van der Waals surface area contributed by atoms with E-state index in [4.69, 9.17) is 15.2 Å². The largest absolute Gasteiger partial charge is 0.411 e. The van der Waals surface area contributed by atoms with Gasteiger partial charge in [-0.25, -0.2) is 0 Å². The van der Waals surface area contributed by atoms with Crippen LogP contribution in [0.1, 0.15) is 55.6 Å². The molecule has 144 valence electrons. The number of hydrogen-bond acceptors (Lipinski definition) is 5. The number of hydrogen-bond donors (Lipinski definition) is 2. The molecular formula is C22H28N2O3. The lowest BCUT2D eigenvalue weighted by molar-refractivity contribution is 0.105. The first kappa shape index (κ1) is 20.6. The molecule has 0 aliphatic carbocycles. The van der Waals surface area contributed by atoms with Crippen molar-refractivity contribution in [2.45, 2.75) is 54.8 Å². The summed E-state index contributed by atoms with van der Waals surface area (Å²) >= 11 is 0. The molecule has 0 saturated carbocycles. The molecule has 2 aromatic rings. The molecule has 2 rings (SSSR count). The van der Waals surface area contributed by atoms with E-state index in [-0.39, 0.29) is 0 Å². The molecule has 5 heteroatoms. The van der Waals surface area contributed by atoms with E-state index >= 15 is 0 Å². The molecule has 0 saturated heterocycles. The zero-order valence-corrected chi connectivity index (χ0v) is 16.9. The maximum atomic E-state index is 8.92. The van der Waals surface area contributed by atoms with Crippen molar-refractivity contribution < 1.29 is 15.2 Å². The van der Waals surface area contributed by atoms with E-state index in [9.17, 15) is 0 Å². The summed E-state index contributed by atoms with van der Waals surface area (Å²) in [4.78, 5) is 0. The molecule has 0 amide bonds. The second kappa shape index (κ2) is 8.82. The summed E-state index contributed by atoms with van der Waals surface area (Å²) in [7, 11) is 0. The van der Waals surface area contributed by atoms with Gasteiger partial charge >= 0.3 is 0 Å². The SMILES string of the molecule is Cc1cc(C)c(COCc2c(C)cc(C)c(/C=N/O)c2C)c(C)c1/C=N/O. The Morgan fingerprint density at radius 1 is 0.704 bits per heavy atom. The van der Waals surface area contributed by atoms with Crippen LogP contribution >= 0.6 is 0 Å². The molecule has 0 bridgehead atoms. The third-order valence-corrected chi connectivity index (χ3v) is 5.25. The van der Waals surface area contributed by atoms with Gasteiger partial charge in [0.15, 0.2) is 0 Å². The summed E-state index contributed by atoms with van der Waals surface area (Å²) in [5.41, 5.74) is 10.7. The summed E-state index contributed by atoms with van der Waals surface area (Å²) < 4.78 is 6.06. The predicted octanol–water partition coefficient (Wildman–Crippen LogP) is 4.87. The number of rotatable bonds is 6. The molecule has 27 heavy (non-hydrogen) atoms. The molecule has 0 heterocycles. The van der Waals surface area contributed by atoms with Crippen molar-refractivity contribution in [2.24, 2.45) is 10.3 Å². The second-order valence-corrected chi connectivity index (χ2v) is 7.04. The lowest BCUT2D eigenvalue weighted by Gasteiger charge is -2.18. The highest BCUT2D eigenvalue weighted by Crippen LogP contribution is 2.25. The molecule has 0 aliphatic rings. The number of aryl methyl sites for hydroxylation is 4. The Labute approximate surface area is 161 Å². The van der Waals surface area contributed by atoms with E-state index in [1.807, 2.05) is 27.7 Å². The highest BCUT2D eigenvalue weighted by molar-refractivity contribution is 5.84. The van der Waals surface area contributed by atoms with Gasteiger partial charge < -0.3 is 15.2 Å². The van der Waals surface area contributed by atoms with E-state index in [0.29, 0.717) is 13.2 Å². The van der Waals surface area contributed by atoms with E-state index in [2.05, 4.69) is 36.3 Å². The number of nitrogens with zero attached hydrogens (tertiary/aromatic N) is 2. The number of oxime groups is 2. The van der Waals surface area contributed by atoms with Gasteiger partial charge in [-0.3, -0.25) is 0 Å². The minimum atomic E-state index is 0.473. The van der Waals surface area contributed by atoms with Crippen molar-refractivity contribution >= 4 is 12.4 Å². The smallest absolute Gasteiger partial charge is 0.0739 e. The van der Waals surface area contributed by atoms with Gasteiger partial charge in [-0.15, -0.1) is 0 Å². The van der Waals surface area contributed by atoms with Crippen LogP contribution in [0.5, 0.6) is 0 Å². The third-order valence-electron chi connectivity index (χ3n) is 5.25. The first-order valence-corrected chi connectivity index (χ1v) is 8.93. The van der Waals surface area contributed by atoms with Crippen molar-refractivity contribution in [3.63, 3.8) is 0 Å². The van der Waals surface area contributed by atoms with Crippen LogP contribution in [0.15, 0.2) is 22.4 Å². The first-order chi connectivity index (χ1) is 12.8. The van der Waals surface area contributed by atoms with Gasteiger partial charge in [-0.2, -0.15) is 0 Å². The van der Waals surface area contributed by atoms with Crippen LogP contribution in [-0.4, -0.2) is 22.8 Å². The molecule has 0 radical (unpaired) electrons. The molecule has 5 nitrogen and oxygen atoms in total. The van der Waals surface area contributed by atoms with Gasteiger partial charge in [-0.05, 0) is 86.1 Å². The number of benzene rings is 2. The molecule has 0 atom stereocenters. The standard InChI is InChI=1S/C22H28N2O3/c1-13-7-15(3)21(17(5)19(13)9-23-25)11-27-12-22-16(4)8-14(2)20(10-24-26)18(22)6/h7-10,25-26H,11-12H2,1-6H3/b23-9+,24-10+. The van der Waals surface area contributed by atoms with Crippen LogP contribution in [0.25, 0.3) is 0 Å². The van der Waals surface area contributed by atoms with Crippen LogP contribution in [-0.2, 0) is 18.0 Å². The zero-order valence-electron chi connectivity index (χ0n) is 16.9. The van der Waals surface area contributed by atoms with Gasteiger partial charge in [0.25, 0.3) is 0 Å². The minimum Gasteiger partial charge on any atom is -0.411 e. The van der Waals surface area contributed by atoms with Crippen LogP contribution in [0, 0.1) is 41.5 Å². The fourth-order valence-corrected chi connectivity index (χ4v) is 3.70. The molecule has 2 aromatic carbocycles. The third kappa shape index (κ3) is 4.37. The fourth-order valence-electron chi connectivity index (χ4n) is 3.70. The monoisotopic (exact) mass is 368 g/mol. The average Bonchev–Trinajstić information content (AvgIpc) is 2.60. The Hall–Kier alpha value is -2.66. The van der Waals surface area contributed by atoms with Crippen molar-refractivity contribution in [3.05, 3.63) is 67.8 Å². The second-order valence-electron chi connectivity index (χ2n) is 7.04. The van der Waals surface area contributed by atoms with Crippen LogP contribution < -0.4 is 0 Å². The Morgan fingerprint density at radius 3 is 1.41 bits per heavy atom. The topological polar surface area (TPSA) is 74.4 Å². The average molecular weight is 368 g/mol. The molecule has 0 spiro atoms. The summed E-state index contributed by atoms with van der Waals surface area (Å²) in [6, 6.07) is 4.17. The molecular weight excluding hydrogens is 340 g/mol. The molecule has 0 aromatic heterocycles. The van der Waals surface area contributed by atoms with Crippen molar-refractivity contribution in [2.75, 3.05) is 0 Å². The van der Waals surface area contributed by atoms with Gasteiger partial charge in [0, 0.05) is 11.1 Å². The lowest BCUT2D eigenvalue weighted by atomic mass is 9.94. The maximum absolute atomic E-state index is 8.92. The Balaban J connectivity index is 2.28. The normalized spacial score (nSPS) is 11.8. The number of ether oxygens (including phenoxy) is 1. The maximum Gasteiger partial charge on any atom is 0.0739 e. The summed E-state index contributed by atoms with van der Waals surface area (Å²) in [6.45, 7) is 13.1. The molecule has 0 aliphatic heterocycles. The quantitative estimate of drug-likeness (QED) is 0.434. The highest BCUT2D eigenvalue weighted by Gasteiger charge is 2.13. The molecule has 0 unspecified atom stereocenters. The molecule has 0 fully saturated rings. The summed E-state index contributed by atoms with van der Waals surface area (Å²) in [5.74, 6) is 0. The summed E-state index contributed by atoms with van der Waals surface area (Å²) in [5, 5.41) is 24.2. The fraction of sp³-hybridized carbons (Fsp3) is 0.364. The predicted molar refractivity (Wildman–Crippen MR) is 109 cm³/mol. The minimum absolute atomic E-state index is 0.473. The lowest BCUT2D eigenvalue weighted by Crippen LogP contribution is -2.07. The molecule has 2 N–H and O–H groups in total. The van der Waals surface area contributed by atoms with Gasteiger partial charge in [0.1, 0.15) is 0 Å². The first-order valence-electron chi connectivity index (χ1n) is 8.93. The van der Waals surface area contributed by atoms with Crippen molar-refractivity contribution in [1.82, 2.24) is 0 Å². The zero-order chi connectivity index (χ0) is 20.1. The van der Waals surface area contributed by atoms with Crippen LogP contribution in [0.4, 0.5) is 0 Å². The van der Waals surface area contributed by atoms with Crippen LogP contribution in [0.3, 0.4) is 0 Å². The van der Waals surface area contributed by atoms with Crippen LogP contribution in [0.2, 0.25) is 0 Å². The van der Waals surface area contributed by atoms with E-state index in [0.717, 1.165) is 55.6 Å². The van der Waals surface area contributed by atoms with Gasteiger partial charge in [0.05, 0.1) is 25.6 Å². The van der Waals surface area contributed by atoms with Crippen molar-refractivity contribution in [1.29, 1.82) is 0 Å². The Bertz CT molecular complexity index is 826. The Kier molecular flexibility index (Phi) is 6.75. The van der Waals surface area contributed by atoms with Gasteiger partial charge in [-0.1, -0.05) is 22.4 Å². The van der Waals surface area contributed by atoms with Crippen molar-refractivity contribution in [3.8, 4) is 0 Å². The van der Waals surface area contributed by atoms with E-state index in [1.54, 1.807) is 0 Å². The summed E-state index contributed by atoms with van der Waals surface area (Å²) in [6.07, 6.45) is 2.95. The Morgan fingerprint density at radius 2 is 1.07 bits per heavy atom.